The second-order valence-corrected chi connectivity index (χ2v) is 7.58. The molecule has 0 aliphatic heterocycles. The smallest absolute Gasteiger partial charge is 0.393 e. The van der Waals surface area contributed by atoms with E-state index in [-0.39, 0.29) is 11.6 Å². The third kappa shape index (κ3) is 3.98. The Hall–Kier alpha value is -2.88. The molecule has 0 atom stereocenters. The number of aliphatic hydroxyl groups is 1. The van der Waals surface area contributed by atoms with Crippen LogP contribution in [0.4, 0.5) is 19.1 Å². The zero-order valence-corrected chi connectivity index (χ0v) is 15.9. The van der Waals surface area contributed by atoms with Gasteiger partial charge in [0.25, 0.3) is 0 Å². The van der Waals surface area contributed by atoms with E-state index < -0.39 is 18.2 Å². The summed E-state index contributed by atoms with van der Waals surface area (Å²) in [5, 5.41) is 21.5. The number of halogens is 3. The number of benzene rings is 1. The van der Waals surface area contributed by atoms with Crippen molar-refractivity contribution < 1.29 is 23.0 Å². The van der Waals surface area contributed by atoms with Gasteiger partial charge in [0, 0.05) is 11.6 Å². The number of hydrogen-bond donors (Lipinski definition) is 2. The molecule has 7 nitrogen and oxygen atoms in total. The first kappa shape index (κ1) is 19.4. The Bertz CT molecular complexity index is 1040. The summed E-state index contributed by atoms with van der Waals surface area (Å²) in [7, 11) is 1.40. The Morgan fingerprint density at radius 2 is 2.07 bits per heavy atom. The van der Waals surface area contributed by atoms with Crippen molar-refractivity contribution >= 4 is 11.5 Å². The molecule has 10 heteroatoms. The zero-order valence-electron chi connectivity index (χ0n) is 15.9. The molecule has 154 valence electrons. The minimum absolute atomic E-state index is 0.0394. The monoisotopic (exact) mass is 407 g/mol. The predicted molar refractivity (Wildman–Crippen MR) is 99.8 cm³/mol. The lowest BCUT2D eigenvalue weighted by atomic mass is 9.77. The lowest BCUT2D eigenvalue weighted by Crippen LogP contribution is -2.48. The summed E-state index contributed by atoms with van der Waals surface area (Å²) in [6.45, 7) is 1.76. The van der Waals surface area contributed by atoms with Gasteiger partial charge >= 0.3 is 6.18 Å². The van der Waals surface area contributed by atoms with Gasteiger partial charge in [0.2, 0.25) is 5.95 Å². The number of imidazole rings is 1. The molecule has 2 N–H and O–H groups in total. The van der Waals surface area contributed by atoms with Gasteiger partial charge in [-0.25, -0.2) is 4.98 Å². The molecule has 3 aromatic rings. The van der Waals surface area contributed by atoms with Crippen molar-refractivity contribution in [2.24, 2.45) is 0 Å². The summed E-state index contributed by atoms with van der Waals surface area (Å²) in [5.41, 5.74) is 0.497. The first-order chi connectivity index (χ1) is 13.6. The van der Waals surface area contributed by atoms with Gasteiger partial charge in [-0.2, -0.15) is 13.2 Å². The van der Waals surface area contributed by atoms with Gasteiger partial charge in [-0.15, -0.1) is 10.2 Å². The summed E-state index contributed by atoms with van der Waals surface area (Å²) in [6, 6.07) is 4.54. The van der Waals surface area contributed by atoms with Crippen LogP contribution in [0.2, 0.25) is 0 Å². The summed E-state index contributed by atoms with van der Waals surface area (Å²) in [6.07, 6.45) is -1.29. The Kier molecular flexibility index (Phi) is 4.60. The topological polar surface area (TPSA) is 84.6 Å². The van der Waals surface area contributed by atoms with Crippen LogP contribution in [0.25, 0.3) is 16.8 Å². The molecule has 1 aliphatic rings. The molecule has 2 heterocycles. The number of aromatic nitrogens is 4. The van der Waals surface area contributed by atoms with Gasteiger partial charge in [-0.05, 0) is 43.5 Å². The molecule has 0 bridgehead atoms. The highest BCUT2D eigenvalue weighted by atomic mass is 19.4. The number of alkyl halides is 3. The zero-order chi connectivity index (χ0) is 20.8. The van der Waals surface area contributed by atoms with Crippen LogP contribution in [0.3, 0.4) is 0 Å². The number of nitrogens with zero attached hydrogens (tertiary/aromatic N) is 4. The lowest BCUT2D eigenvalue weighted by molar-refractivity contribution is -0.127. The highest BCUT2D eigenvalue weighted by molar-refractivity contribution is 5.79. The third-order valence-corrected chi connectivity index (χ3v) is 5.02. The van der Waals surface area contributed by atoms with Gasteiger partial charge in [-0.1, -0.05) is 0 Å². The molecule has 1 aliphatic carbocycles. The van der Waals surface area contributed by atoms with E-state index in [0.29, 0.717) is 41.3 Å². The van der Waals surface area contributed by atoms with E-state index >= 15 is 0 Å². The second-order valence-electron chi connectivity index (χ2n) is 7.58. The van der Waals surface area contributed by atoms with Crippen LogP contribution < -0.4 is 10.1 Å². The van der Waals surface area contributed by atoms with Crippen LogP contribution in [0, 0.1) is 0 Å². The summed E-state index contributed by atoms with van der Waals surface area (Å²) < 4.78 is 46.1. The number of anilines is 1. The van der Waals surface area contributed by atoms with Crippen molar-refractivity contribution in [1.82, 2.24) is 19.6 Å². The minimum atomic E-state index is -4.38. The summed E-state index contributed by atoms with van der Waals surface area (Å²) in [5.74, 6) is 0.758. The van der Waals surface area contributed by atoms with E-state index in [4.69, 9.17) is 4.74 Å². The molecule has 0 unspecified atom stereocenters. The largest absolute Gasteiger partial charge is 0.497 e. The maximum absolute atomic E-state index is 13.1. The second kappa shape index (κ2) is 6.87. The average molecular weight is 407 g/mol. The van der Waals surface area contributed by atoms with Crippen molar-refractivity contribution in [3.05, 3.63) is 36.3 Å². The van der Waals surface area contributed by atoms with E-state index in [9.17, 15) is 18.3 Å². The quantitative estimate of drug-likeness (QED) is 0.676. The molecule has 1 aromatic carbocycles. The maximum atomic E-state index is 13.1. The Morgan fingerprint density at radius 3 is 2.72 bits per heavy atom. The number of ether oxygens (including phenoxy) is 1. The van der Waals surface area contributed by atoms with E-state index in [1.165, 1.54) is 25.7 Å². The first-order valence-electron chi connectivity index (χ1n) is 9.07. The van der Waals surface area contributed by atoms with Crippen molar-refractivity contribution in [3.8, 4) is 17.0 Å². The number of nitrogens with one attached hydrogen (secondary N) is 1. The molecule has 1 fully saturated rings. The number of methoxy groups -OCH3 is 1. The van der Waals surface area contributed by atoms with Gasteiger partial charge < -0.3 is 15.2 Å². The molecule has 0 spiro atoms. The summed E-state index contributed by atoms with van der Waals surface area (Å²) in [4.78, 5) is 4.11. The van der Waals surface area contributed by atoms with E-state index in [2.05, 4.69) is 20.5 Å². The average Bonchev–Trinajstić information content (AvgIpc) is 3.09. The highest BCUT2D eigenvalue weighted by Gasteiger charge is 2.39. The predicted octanol–water partition coefficient (Wildman–Crippen LogP) is 3.23. The maximum Gasteiger partial charge on any atom is 0.393 e. The van der Waals surface area contributed by atoms with Crippen molar-refractivity contribution in [2.75, 3.05) is 12.4 Å². The van der Waals surface area contributed by atoms with Crippen LogP contribution >= 0.6 is 0 Å². The minimum Gasteiger partial charge on any atom is -0.497 e. The van der Waals surface area contributed by atoms with Crippen LogP contribution in [-0.2, 0) is 6.42 Å². The van der Waals surface area contributed by atoms with Crippen LogP contribution in [0.1, 0.15) is 25.3 Å². The molecule has 4 rings (SSSR count). The summed E-state index contributed by atoms with van der Waals surface area (Å²) >= 11 is 0. The SMILES string of the molecule is COc1ccc(-c2nnc(NC3CC(C)(O)C3)n3cncc23)c(CC(F)(F)F)c1. The fraction of sp³-hybridized carbons (Fsp3) is 0.421. The van der Waals surface area contributed by atoms with E-state index in [1.54, 1.807) is 23.5 Å². The van der Waals surface area contributed by atoms with Crippen molar-refractivity contribution in [2.45, 2.75) is 44.0 Å². The van der Waals surface area contributed by atoms with Gasteiger partial charge in [0.15, 0.2) is 0 Å². The van der Waals surface area contributed by atoms with Crippen molar-refractivity contribution in [3.63, 3.8) is 0 Å². The standard InChI is InChI=1S/C19H20F3N5O2/c1-18(28)7-12(8-18)24-17-26-25-16(15-9-23-10-27(15)17)14-4-3-13(29-2)5-11(14)6-19(20,21)22/h3-5,9-10,12,28H,6-8H2,1-2H3,(H,24,26). The molecule has 2 aromatic heterocycles. The first-order valence-corrected chi connectivity index (χ1v) is 9.07. The van der Waals surface area contributed by atoms with E-state index in [0.717, 1.165) is 0 Å². The fourth-order valence-corrected chi connectivity index (χ4v) is 3.70. The van der Waals surface area contributed by atoms with Gasteiger partial charge in [-0.3, -0.25) is 4.40 Å². The van der Waals surface area contributed by atoms with E-state index in [1.807, 2.05) is 0 Å². The molecule has 0 radical (unpaired) electrons. The molecule has 0 saturated heterocycles. The van der Waals surface area contributed by atoms with Gasteiger partial charge in [0.05, 0.1) is 30.8 Å². The molecular formula is C19H20F3N5O2. The van der Waals surface area contributed by atoms with Gasteiger partial charge in [0.1, 0.15) is 17.8 Å². The highest BCUT2D eigenvalue weighted by Crippen LogP contribution is 2.35. The fourth-order valence-electron chi connectivity index (χ4n) is 3.70. The molecule has 29 heavy (non-hydrogen) atoms. The molecule has 0 amide bonds. The van der Waals surface area contributed by atoms with Crippen LogP contribution in [0.15, 0.2) is 30.7 Å². The van der Waals surface area contributed by atoms with Crippen LogP contribution in [0.5, 0.6) is 5.75 Å². The number of fused-ring (bicyclic) bond motifs is 1. The molecular weight excluding hydrogens is 387 g/mol. The van der Waals surface area contributed by atoms with Crippen LogP contribution in [-0.4, -0.2) is 49.6 Å². The number of rotatable bonds is 5. The third-order valence-electron chi connectivity index (χ3n) is 5.02. The molecule has 1 saturated carbocycles. The lowest BCUT2D eigenvalue weighted by Gasteiger charge is -2.41. The Balaban J connectivity index is 1.74. The number of hydrogen-bond acceptors (Lipinski definition) is 6. The Morgan fingerprint density at radius 1 is 1.31 bits per heavy atom. The Labute approximate surface area is 164 Å². The van der Waals surface area contributed by atoms with Crippen molar-refractivity contribution in [1.29, 1.82) is 0 Å². The normalized spacial score (nSPS) is 21.8.